The van der Waals surface area contributed by atoms with E-state index in [1.165, 1.54) is 12.2 Å². The highest BCUT2D eigenvalue weighted by Crippen LogP contribution is 2.06. The molecule has 0 radical (unpaired) electrons. The van der Waals surface area contributed by atoms with E-state index in [1.807, 2.05) is 27.7 Å². The molecule has 0 aromatic heterocycles. The third-order valence-electron chi connectivity index (χ3n) is 1.97. The molecule has 0 atom stereocenters. The summed E-state index contributed by atoms with van der Waals surface area (Å²) >= 11 is 0. The van der Waals surface area contributed by atoms with Crippen molar-refractivity contribution >= 4 is 11.7 Å². The lowest BCUT2D eigenvalue weighted by atomic mass is 10.0. The van der Waals surface area contributed by atoms with Gasteiger partial charge in [-0.1, -0.05) is 20.8 Å². The second kappa shape index (κ2) is 10.0. The lowest BCUT2D eigenvalue weighted by Crippen LogP contribution is -2.43. The summed E-state index contributed by atoms with van der Waals surface area (Å²) in [7, 11) is 0. The fourth-order valence-electron chi connectivity index (χ4n) is 1.00. The zero-order valence-corrected chi connectivity index (χ0v) is 11.5. The molecular formula is C13H25NO3. The van der Waals surface area contributed by atoms with Gasteiger partial charge in [0.05, 0.1) is 0 Å². The summed E-state index contributed by atoms with van der Waals surface area (Å²) in [6, 6.07) is 0. The van der Waals surface area contributed by atoms with Gasteiger partial charge >= 0.3 is 0 Å². The van der Waals surface area contributed by atoms with E-state index in [0.29, 0.717) is 12.8 Å². The average Bonchev–Trinajstić information content (AvgIpc) is 2.27. The second-order valence-corrected chi connectivity index (χ2v) is 4.00. The Labute approximate surface area is 104 Å². The number of carbonyl (C=O) groups is 2. The van der Waals surface area contributed by atoms with Gasteiger partial charge in [0, 0.05) is 24.6 Å². The van der Waals surface area contributed by atoms with E-state index >= 15 is 0 Å². The van der Waals surface area contributed by atoms with E-state index in [0.717, 1.165) is 0 Å². The highest BCUT2D eigenvalue weighted by molar-refractivity contribution is 5.97. The maximum atomic E-state index is 11.3. The summed E-state index contributed by atoms with van der Waals surface area (Å²) in [5.74, 6) is -0.389. The predicted molar refractivity (Wildman–Crippen MR) is 69.7 cm³/mol. The monoisotopic (exact) mass is 243 g/mol. The maximum Gasteiger partial charge on any atom is 0.244 e. The molecule has 0 aliphatic rings. The number of rotatable bonds is 6. The average molecular weight is 243 g/mol. The number of carbonyl (C=O) groups excluding carboxylic acids is 2. The number of hydrogen-bond acceptors (Lipinski definition) is 3. The highest BCUT2D eigenvalue weighted by Gasteiger charge is 2.18. The summed E-state index contributed by atoms with van der Waals surface area (Å²) in [4.78, 5) is 22.2. The number of nitrogens with one attached hydrogen (secondary N) is 1. The van der Waals surface area contributed by atoms with Gasteiger partial charge < -0.3 is 10.4 Å². The normalized spacial score (nSPS) is 10.7. The topological polar surface area (TPSA) is 66.4 Å². The van der Waals surface area contributed by atoms with Crippen LogP contribution in [0.25, 0.3) is 0 Å². The Balaban J connectivity index is 0. The molecule has 0 spiro atoms. The molecule has 0 aliphatic heterocycles. The zero-order valence-electron chi connectivity index (χ0n) is 11.5. The fraction of sp³-hybridized carbons (Fsp3) is 0.692. The first kappa shape index (κ1) is 18.2. The largest absolute Gasteiger partial charge is 0.396 e. The Morgan fingerprint density at radius 2 is 1.76 bits per heavy atom. The van der Waals surface area contributed by atoms with Crippen molar-refractivity contribution in [3.8, 4) is 0 Å². The molecule has 0 aliphatic carbocycles. The van der Waals surface area contributed by atoms with Crippen molar-refractivity contribution in [1.82, 2.24) is 5.32 Å². The van der Waals surface area contributed by atoms with Gasteiger partial charge in [0.25, 0.3) is 0 Å². The summed E-state index contributed by atoms with van der Waals surface area (Å²) in [6.07, 6.45) is 3.37. The van der Waals surface area contributed by atoms with Crippen LogP contribution in [0.2, 0.25) is 0 Å². The first-order chi connectivity index (χ1) is 7.91. The molecule has 4 nitrogen and oxygen atoms in total. The van der Waals surface area contributed by atoms with Crippen molar-refractivity contribution in [1.29, 1.82) is 0 Å². The maximum absolute atomic E-state index is 11.3. The number of aliphatic hydroxyl groups excluding tert-OH is 1. The molecule has 0 aromatic carbocycles. The van der Waals surface area contributed by atoms with Gasteiger partial charge in [0.15, 0.2) is 5.78 Å². The van der Waals surface area contributed by atoms with Crippen LogP contribution >= 0.6 is 0 Å². The van der Waals surface area contributed by atoms with Crippen molar-refractivity contribution in [3.05, 3.63) is 12.2 Å². The minimum Gasteiger partial charge on any atom is -0.396 e. The van der Waals surface area contributed by atoms with Crippen LogP contribution in [0.3, 0.4) is 0 Å². The highest BCUT2D eigenvalue weighted by atomic mass is 16.3. The van der Waals surface area contributed by atoms with Crippen molar-refractivity contribution < 1.29 is 14.7 Å². The Bertz CT molecular complexity index is 257. The Morgan fingerprint density at radius 3 is 2.18 bits per heavy atom. The summed E-state index contributed by atoms with van der Waals surface area (Å²) in [6.45, 7) is 9.39. The molecule has 0 bridgehead atoms. The molecule has 0 saturated carbocycles. The molecule has 0 aromatic rings. The minimum absolute atomic E-state index is 0.0187. The molecule has 4 heteroatoms. The molecule has 0 rings (SSSR count). The van der Waals surface area contributed by atoms with Crippen LogP contribution < -0.4 is 5.32 Å². The second-order valence-electron chi connectivity index (χ2n) is 4.00. The van der Waals surface area contributed by atoms with Gasteiger partial charge in [-0.05, 0) is 26.3 Å². The quantitative estimate of drug-likeness (QED) is 0.699. The van der Waals surface area contributed by atoms with E-state index in [2.05, 4.69) is 5.32 Å². The summed E-state index contributed by atoms with van der Waals surface area (Å²) in [5.41, 5.74) is -0.453. The van der Waals surface area contributed by atoms with Crippen LogP contribution in [0.15, 0.2) is 12.2 Å². The SMILES string of the molecule is CC.CCC(=O)/C=C\C(=O)NC(C)(C)CCO. The number of allylic oxidation sites excluding steroid dienone is 1. The third-order valence-corrected chi connectivity index (χ3v) is 1.97. The van der Waals surface area contributed by atoms with E-state index in [9.17, 15) is 9.59 Å². The molecule has 100 valence electrons. The first-order valence-electron chi connectivity index (χ1n) is 6.05. The molecule has 0 unspecified atom stereocenters. The number of ketones is 1. The Morgan fingerprint density at radius 1 is 1.24 bits per heavy atom. The number of aliphatic hydroxyl groups is 1. The smallest absolute Gasteiger partial charge is 0.244 e. The van der Waals surface area contributed by atoms with Crippen molar-refractivity contribution in [2.45, 2.75) is 53.0 Å². The van der Waals surface area contributed by atoms with Gasteiger partial charge in [-0.3, -0.25) is 9.59 Å². The molecule has 0 fully saturated rings. The van der Waals surface area contributed by atoms with Crippen LogP contribution in [0, 0.1) is 0 Å². The van der Waals surface area contributed by atoms with E-state index in [1.54, 1.807) is 6.92 Å². The summed E-state index contributed by atoms with van der Waals surface area (Å²) < 4.78 is 0. The van der Waals surface area contributed by atoms with Gasteiger partial charge in [0.2, 0.25) is 5.91 Å². The minimum atomic E-state index is -0.453. The third kappa shape index (κ3) is 11.1. The predicted octanol–water partition coefficient (Wildman–Crippen LogP) is 1.83. The van der Waals surface area contributed by atoms with Crippen LogP contribution in [-0.4, -0.2) is 28.9 Å². The van der Waals surface area contributed by atoms with Crippen LogP contribution in [0.4, 0.5) is 0 Å². The molecule has 17 heavy (non-hydrogen) atoms. The van der Waals surface area contributed by atoms with Gasteiger partial charge in [-0.2, -0.15) is 0 Å². The van der Waals surface area contributed by atoms with Gasteiger partial charge in [0.1, 0.15) is 0 Å². The van der Waals surface area contributed by atoms with Gasteiger partial charge in [-0.25, -0.2) is 0 Å². The van der Waals surface area contributed by atoms with Crippen LogP contribution in [-0.2, 0) is 9.59 Å². The van der Waals surface area contributed by atoms with E-state index < -0.39 is 5.54 Å². The number of amides is 1. The molecule has 0 saturated heterocycles. The lowest BCUT2D eigenvalue weighted by molar-refractivity contribution is -0.119. The lowest BCUT2D eigenvalue weighted by Gasteiger charge is -2.24. The van der Waals surface area contributed by atoms with Crippen LogP contribution in [0.5, 0.6) is 0 Å². The fourth-order valence-corrected chi connectivity index (χ4v) is 1.00. The van der Waals surface area contributed by atoms with Crippen LogP contribution in [0.1, 0.15) is 47.5 Å². The zero-order chi connectivity index (χ0) is 13.9. The van der Waals surface area contributed by atoms with Gasteiger partial charge in [-0.15, -0.1) is 0 Å². The first-order valence-corrected chi connectivity index (χ1v) is 6.05. The van der Waals surface area contributed by atoms with E-state index in [4.69, 9.17) is 5.11 Å². The standard InChI is InChI=1S/C11H19NO3.C2H6/c1-4-9(14)5-6-10(15)12-11(2,3)7-8-13;1-2/h5-6,13H,4,7-8H2,1-3H3,(H,12,15);1-2H3/b6-5-;. The summed E-state index contributed by atoms with van der Waals surface area (Å²) in [5, 5.41) is 11.4. The molecule has 2 N–H and O–H groups in total. The van der Waals surface area contributed by atoms with Crippen molar-refractivity contribution in [2.75, 3.05) is 6.61 Å². The molecular weight excluding hydrogens is 218 g/mol. The molecule has 1 amide bonds. The molecule has 0 heterocycles. The number of hydrogen-bond donors (Lipinski definition) is 2. The Hall–Kier alpha value is -1.16. The van der Waals surface area contributed by atoms with Crippen molar-refractivity contribution in [2.24, 2.45) is 0 Å². The van der Waals surface area contributed by atoms with E-state index in [-0.39, 0.29) is 18.3 Å². The Kier molecular flexibility index (Phi) is 10.7. The van der Waals surface area contributed by atoms with Crippen molar-refractivity contribution in [3.63, 3.8) is 0 Å².